The van der Waals surface area contributed by atoms with Gasteiger partial charge in [0.1, 0.15) is 5.82 Å². The van der Waals surface area contributed by atoms with Gasteiger partial charge in [-0.05, 0) is 50.4 Å². The minimum absolute atomic E-state index is 0.104. The molecule has 0 aromatic carbocycles. The number of amides is 1. The second kappa shape index (κ2) is 5.71. The molecule has 1 aromatic rings. The second-order valence-corrected chi connectivity index (χ2v) is 8.31. The van der Waals surface area contributed by atoms with E-state index in [1.807, 2.05) is 6.92 Å². The number of imidazole rings is 1. The van der Waals surface area contributed by atoms with Gasteiger partial charge in [0.15, 0.2) is 0 Å². The molecule has 1 saturated carbocycles. The number of nitrogens with zero attached hydrogens (tertiary/aromatic N) is 1. The van der Waals surface area contributed by atoms with E-state index in [1.165, 1.54) is 12.1 Å². The highest BCUT2D eigenvalue weighted by Gasteiger charge is 2.34. The summed E-state index contributed by atoms with van der Waals surface area (Å²) >= 11 is 0. The maximum absolute atomic E-state index is 12.7. The minimum atomic E-state index is 0.104. The van der Waals surface area contributed by atoms with Gasteiger partial charge in [-0.3, -0.25) is 4.79 Å². The molecule has 1 fully saturated rings. The summed E-state index contributed by atoms with van der Waals surface area (Å²) in [5, 5.41) is 3.34. The number of nitrogens with one attached hydrogen (secondary N) is 2. The van der Waals surface area contributed by atoms with E-state index in [1.54, 1.807) is 0 Å². The normalized spacial score (nSPS) is 30.6. The lowest BCUT2D eigenvalue weighted by molar-refractivity contribution is -0.126. The van der Waals surface area contributed by atoms with Crippen molar-refractivity contribution in [3.63, 3.8) is 0 Å². The summed E-state index contributed by atoms with van der Waals surface area (Å²) in [5.41, 5.74) is 2.67. The molecular formula is C18H29N3O. The fourth-order valence-electron chi connectivity index (χ4n) is 4.62. The molecule has 3 atom stereocenters. The molecule has 2 N–H and O–H groups in total. The number of carbonyl (C=O) groups is 1. The minimum Gasteiger partial charge on any atom is -0.353 e. The van der Waals surface area contributed by atoms with Gasteiger partial charge in [-0.15, -0.1) is 0 Å². The topological polar surface area (TPSA) is 57.8 Å². The van der Waals surface area contributed by atoms with E-state index < -0.39 is 0 Å². The van der Waals surface area contributed by atoms with E-state index in [9.17, 15) is 4.79 Å². The number of hydrogen-bond acceptors (Lipinski definition) is 2. The smallest absolute Gasteiger partial charge is 0.223 e. The molecule has 0 radical (unpaired) electrons. The van der Waals surface area contributed by atoms with Gasteiger partial charge < -0.3 is 10.3 Å². The number of aryl methyl sites for hydroxylation is 2. The molecule has 2 aliphatic rings. The molecule has 22 heavy (non-hydrogen) atoms. The fourth-order valence-corrected chi connectivity index (χ4v) is 4.62. The lowest BCUT2D eigenvalue weighted by Crippen LogP contribution is -2.46. The Morgan fingerprint density at radius 2 is 2.14 bits per heavy atom. The average Bonchev–Trinajstić information content (AvgIpc) is 2.74. The molecule has 1 heterocycles. The van der Waals surface area contributed by atoms with Crippen molar-refractivity contribution in [2.24, 2.45) is 17.3 Å². The van der Waals surface area contributed by atoms with Crippen LogP contribution in [0, 0.1) is 24.2 Å². The van der Waals surface area contributed by atoms with Gasteiger partial charge in [0.25, 0.3) is 0 Å². The van der Waals surface area contributed by atoms with E-state index in [0.717, 1.165) is 43.6 Å². The number of rotatable bonds is 2. The van der Waals surface area contributed by atoms with Crippen molar-refractivity contribution in [1.29, 1.82) is 0 Å². The molecule has 0 aliphatic heterocycles. The van der Waals surface area contributed by atoms with E-state index in [-0.39, 0.29) is 11.8 Å². The van der Waals surface area contributed by atoms with Gasteiger partial charge in [-0.1, -0.05) is 20.8 Å². The average molecular weight is 303 g/mol. The number of H-pyrrole nitrogens is 1. The van der Waals surface area contributed by atoms with Crippen LogP contribution < -0.4 is 5.32 Å². The fraction of sp³-hybridized carbons (Fsp3) is 0.778. The number of aromatic nitrogens is 2. The van der Waals surface area contributed by atoms with Crippen LogP contribution in [0.4, 0.5) is 0 Å². The molecule has 1 amide bonds. The molecule has 0 bridgehead atoms. The van der Waals surface area contributed by atoms with Crippen LogP contribution in [-0.2, 0) is 17.6 Å². The Kier molecular flexibility index (Phi) is 4.04. The first-order valence-corrected chi connectivity index (χ1v) is 8.67. The highest BCUT2D eigenvalue weighted by molar-refractivity contribution is 5.79. The third-order valence-electron chi connectivity index (χ3n) is 5.27. The quantitative estimate of drug-likeness (QED) is 0.881. The summed E-state index contributed by atoms with van der Waals surface area (Å²) in [5.74, 6) is 2.01. The van der Waals surface area contributed by atoms with Crippen LogP contribution in [0.2, 0.25) is 0 Å². The number of aromatic amines is 1. The first kappa shape index (κ1) is 15.6. The molecule has 122 valence electrons. The summed E-state index contributed by atoms with van der Waals surface area (Å²) in [6.45, 7) is 8.93. The predicted molar refractivity (Wildman–Crippen MR) is 87.6 cm³/mol. The van der Waals surface area contributed by atoms with Crippen LogP contribution in [0.1, 0.15) is 63.7 Å². The maximum Gasteiger partial charge on any atom is 0.223 e. The summed E-state index contributed by atoms with van der Waals surface area (Å²) in [6, 6.07) is 0.344. The maximum atomic E-state index is 12.7. The number of hydrogen-bond donors (Lipinski definition) is 2. The summed E-state index contributed by atoms with van der Waals surface area (Å²) in [6.07, 6.45) is 6.15. The second-order valence-electron chi connectivity index (χ2n) is 8.31. The Morgan fingerprint density at radius 1 is 1.36 bits per heavy atom. The van der Waals surface area contributed by atoms with Gasteiger partial charge in [0.2, 0.25) is 5.91 Å². The lowest BCUT2D eigenvalue weighted by atomic mass is 9.70. The van der Waals surface area contributed by atoms with Crippen LogP contribution in [0.25, 0.3) is 0 Å². The summed E-state index contributed by atoms with van der Waals surface area (Å²) in [4.78, 5) is 20.5. The van der Waals surface area contributed by atoms with Crippen molar-refractivity contribution in [1.82, 2.24) is 15.3 Å². The van der Waals surface area contributed by atoms with E-state index in [2.05, 4.69) is 36.1 Å². The first-order chi connectivity index (χ1) is 10.3. The zero-order valence-electron chi connectivity index (χ0n) is 14.3. The third-order valence-corrected chi connectivity index (χ3v) is 5.27. The van der Waals surface area contributed by atoms with Crippen molar-refractivity contribution in [3.8, 4) is 0 Å². The molecule has 3 unspecified atom stereocenters. The highest BCUT2D eigenvalue weighted by atomic mass is 16.1. The zero-order valence-corrected chi connectivity index (χ0v) is 14.3. The van der Waals surface area contributed by atoms with Crippen molar-refractivity contribution in [2.75, 3.05) is 0 Å². The van der Waals surface area contributed by atoms with Crippen molar-refractivity contribution < 1.29 is 4.79 Å². The largest absolute Gasteiger partial charge is 0.353 e. The van der Waals surface area contributed by atoms with E-state index in [4.69, 9.17) is 0 Å². The molecule has 0 spiro atoms. The van der Waals surface area contributed by atoms with E-state index >= 15 is 0 Å². The molecule has 4 heteroatoms. The predicted octanol–water partition coefficient (Wildman–Crippen LogP) is 3.15. The van der Waals surface area contributed by atoms with Crippen LogP contribution >= 0.6 is 0 Å². The molecule has 1 aromatic heterocycles. The van der Waals surface area contributed by atoms with Gasteiger partial charge >= 0.3 is 0 Å². The zero-order chi connectivity index (χ0) is 15.9. The summed E-state index contributed by atoms with van der Waals surface area (Å²) in [7, 11) is 0. The van der Waals surface area contributed by atoms with Gasteiger partial charge in [-0.2, -0.15) is 0 Å². The first-order valence-electron chi connectivity index (χ1n) is 8.67. The van der Waals surface area contributed by atoms with Gasteiger partial charge in [0.05, 0.1) is 5.69 Å². The Labute approximate surface area is 133 Å². The van der Waals surface area contributed by atoms with Gasteiger partial charge in [0, 0.05) is 24.1 Å². The van der Waals surface area contributed by atoms with E-state index in [0.29, 0.717) is 17.4 Å². The van der Waals surface area contributed by atoms with Crippen LogP contribution in [0.3, 0.4) is 0 Å². The molecule has 4 nitrogen and oxygen atoms in total. The van der Waals surface area contributed by atoms with Crippen LogP contribution in [0.15, 0.2) is 0 Å². The molecule has 2 aliphatic carbocycles. The Hall–Kier alpha value is -1.32. The number of fused-ring (bicyclic) bond motifs is 1. The lowest BCUT2D eigenvalue weighted by Gasteiger charge is -2.39. The molecular weight excluding hydrogens is 274 g/mol. The standard InChI is InChI=1S/C18H29N3O/c1-11-7-14(10-18(3,4)9-11)21-17(22)13-5-6-15-16(8-13)20-12(2)19-15/h11,13-14H,5-10H2,1-4H3,(H,19,20)(H,21,22). The van der Waals surface area contributed by atoms with Crippen LogP contribution in [-0.4, -0.2) is 21.9 Å². The molecule has 0 saturated heterocycles. The highest BCUT2D eigenvalue weighted by Crippen LogP contribution is 2.38. The van der Waals surface area contributed by atoms with Crippen LogP contribution in [0.5, 0.6) is 0 Å². The SMILES string of the molecule is Cc1nc2c([nH]1)CC(C(=O)NC1CC(C)CC(C)(C)C1)CC2. The number of carbonyl (C=O) groups excluding carboxylic acids is 1. The Balaban J connectivity index is 1.61. The monoisotopic (exact) mass is 303 g/mol. The van der Waals surface area contributed by atoms with Crippen molar-refractivity contribution in [3.05, 3.63) is 17.2 Å². The van der Waals surface area contributed by atoms with Gasteiger partial charge in [-0.25, -0.2) is 4.98 Å². The summed E-state index contributed by atoms with van der Waals surface area (Å²) < 4.78 is 0. The Bertz CT molecular complexity index is 561. The van der Waals surface area contributed by atoms with Crippen molar-refractivity contribution in [2.45, 2.75) is 72.3 Å². The third kappa shape index (κ3) is 3.36. The Morgan fingerprint density at radius 3 is 2.86 bits per heavy atom. The van der Waals surface area contributed by atoms with Crippen molar-refractivity contribution >= 4 is 5.91 Å². The molecule has 3 rings (SSSR count).